The number of para-hydroxylation sites is 1. The maximum absolute atomic E-state index is 11.8. The Bertz CT molecular complexity index is 488. The van der Waals surface area contributed by atoms with Crippen LogP contribution in [0.25, 0.3) is 0 Å². The molecule has 0 amide bonds. The number of nitrogens with zero attached hydrogens (tertiary/aromatic N) is 1. The zero-order valence-electron chi connectivity index (χ0n) is 12.9. The normalized spacial score (nSPS) is 13.7. The van der Waals surface area contributed by atoms with Crippen LogP contribution >= 0.6 is 8.17 Å². The third-order valence-electron chi connectivity index (χ3n) is 3.10. The van der Waals surface area contributed by atoms with E-state index in [0.717, 1.165) is 6.42 Å². The van der Waals surface area contributed by atoms with Gasteiger partial charge >= 0.3 is 14.1 Å². The zero-order chi connectivity index (χ0) is 15.9. The van der Waals surface area contributed by atoms with Gasteiger partial charge in [0, 0.05) is 0 Å². The highest BCUT2D eigenvalue weighted by Gasteiger charge is 2.22. The highest BCUT2D eigenvalue weighted by molar-refractivity contribution is 7.34. The Hall–Kier alpha value is -1.45. The van der Waals surface area contributed by atoms with Gasteiger partial charge in [-0.25, -0.2) is 4.79 Å². The van der Waals surface area contributed by atoms with E-state index < -0.39 is 20.2 Å². The average Bonchev–Trinajstić information content (AvgIpc) is 2.45. The van der Waals surface area contributed by atoms with Gasteiger partial charge in [0.15, 0.2) is 11.8 Å². The van der Waals surface area contributed by atoms with Crippen molar-refractivity contribution in [1.82, 2.24) is 0 Å². The summed E-state index contributed by atoms with van der Waals surface area (Å²) in [6.45, 7) is 7.93. The molecule has 0 bridgehead atoms. The van der Waals surface area contributed by atoms with Gasteiger partial charge in [0.25, 0.3) is 0 Å². The lowest BCUT2D eigenvalue weighted by molar-refractivity contribution is -0.169. The second-order valence-corrected chi connectivity index (χ2v) is 6.45. The molecule has 0 aromatic heterocycles. The molecular weight excluding hydrogens is 289 g/mol. The minimum absolute atomic E-state index is 0.0713. The van der Waals surface area contributed by atoms with Crippen LogP contribution in [0.3, 0.4) is 0 Å². The summed E-state index contributed by atoms with van der Waals surface area (Å²) < 4.78 is 14.1. The molecule has 0 radical (unpaired) electrons. The summed E-state index contributed by atoms with van der Waals surface area (Å²) in [5.41, 5.74) is -0.0713. The van der Waals surface area contributed by atoms with Crippen LogP contribution in [-0.2, 0) is 9.53 Å². The summed E-state index contributed by atoms with van der Waals surface area (Å²) in [4.78, 5) is 23.5. The van der Waals surface area contributed by atoms with Crippen LogP contribution in [0.5, 0.6) is 5.75 Å². The number of esters is 1. The van der Waals surface area contributed by atoms with Crippen molar-refractivity contribution >= 4 is 14.1 Å². The summed E-state index contributed by atoms with van der Waals surface area (Å²) in [6, 6.07) is 7.90. The molecule has 0 aliphatic rings. The molecule has 116 valence electrons. The standard InChI is InChI=1S/C15H22NO4P/c1-5-15(3,4)11-19-14(17)12(2)16-21(18)20-13-9-7-6-8-10-13/h6-10,12H,5,11H2,1-4H3/t12-/m0/s1. The molecule has 2 atom stereocenters. The molecule has 5 nitrogen and oxygen atoms in total. The lowest BCUT2D eigenvalue weighted by Gasteiger charge is -2.22. The van der Waals surface area contributed by atoms with Gasteiger partial charge in [-0.05, 0) is 30.9 Å². The summed E-state index contributed by atoms with van der Waals surface area (Å²) in [7, 11) is -2.30. The number of ether oxygens (including phenoxy) is 1. The van der Waals surface area contributed by atoms with Crippen molar-refractivity contribution in [3.8, 4) is 5.75 Å². The van der Waals surface area contributed by atoms with Crippen molar-refractivity contribution in [2.24, 2.45) is 10.2 Å². The Labute approximate surface area is 126 Å². The number of benzene rings is 1. The van der Waals surface area contributed by atoms with Crippen molar-refractivity contribution in [2.45, 2.75) is 40.2 Å². The average molecular weight is 311 g/mol. The molecule has 0 N–H and O–H groups in total. The van der Waals surface area contributed by atoms with Crippen molar-refractivity contribution in [3.63, 3.8) is 0 Å². The lowest BCUT2D eigenvalue weighted by Crippen LogP contribution is -2.25. The summed E-state index contributed by atoms with van der Waals surface area (Å²) in [6.07, 6.45) is 0.900. The van der Waals surface area contributed by atoms with Crippen molar-refractivity contribution in [1.29, 1.82) is 0 Å². The molecule has 0 aliphatic carbocycles. The Balaban J connectivity index is 2.52. The predicted octanol–water partition coefficient (Wildman–Crippen LogP) is 3.29. The third kappa shape index (κ3) is 6.69. The van der Waals surface area contributed by atoms with Crippen LogP contribution in [0, 0.1) is 5.41 Å². The minimum Gasteiger partial charge on any atom is -0.575 e. The molecule has 0 heterocycles. The van der Waals surface area contributed by atoms with E-state index in [9.17, 15) is 9.69 Å². The number of hydrogen-bond donors (Lipinski definition) is 0. The van der Waals surface area contributed by atoms with Crippen LogP contribution in [0.1, 0.15) is 34.1 Å². The van der Waals surface area contributed by atoms with E-state index in [-0.39, 0.29) is 5.41 Å². The van der Waals surface area contributed by atoms with E-state index in [1.54, 1.807) is 31.2 Å². The SMILES string of the molecule is CCC(C)(C)COC(=O)[C@H](C)N=[P+]([O-])Oc1ccccc1. The fourth-order valence-corrected chi connectivity index (χ4v) is 2.00. The van der Waals surface area contributed by atoms with Crippen LogP contribution < -0.4 is 9.42 Å². The number of hydrogen-bond acceptors (Lipinski definition) is 5. The molecule has 0 saturated heterocycles. The lowest BCUT2D eigenvalue weighted by atomic mass is 9.92. The molecule has 6 heteroatoms. The molecule has 1 aromatic rings. The molecule has 0 spiro atoms. The van der Waals surface area contributed by atoms with Crippen LogP contribution in [-0.4, -0.2) is 18.6 Å². The van der Waals surface area contributed by atoms with Gasteiger partial charge in [-0.15, -0.1) is 0 Å². The molecule has 1 unspecified atom stereocenters. The Kier molecular flexibility index (Phi) is 6.79. The van der Waals surface area contributed by atoms with Crippen molar-refractivity contribution < 1.29 is 18.9 Å². The number of rotatable bonds is 7. The van der Waals surface area contributed by atoms with E-state index in [2.05, 4.69) is 4.74 Å². The first kappa shape index (κ1) is 17.6. The van der Waals surface area contributed by atoms with Crippen LogP contribution in [0.2, 0.25) is 0 Å². The smallest absolute Gasteiger partial charge is 0.395 e. The Morgan fingerprint density at radius 1 is 1.38 bits per heavy atom. The molecule has 1 aromatic carbocycles. The summed E-state index contributed by atoms with van der Waals surface area (Å²) >= 11 is 0. The van der Waals surface area contributed by atoms with Gasteiger partial charge in [-0.1, -0.05) is 43.7 Å². The zero-order valence-corrected chi connectivity index (χ0v) is 13.8. The fourth-order valence-electron chi connectivity index (χ4n) is 1.27. The third-order valence-corrected chi connectivity index (χ3v) is 4.00. The van der Waals surface area contributed by atoms with Gasteiger partial charge < -0.3 is 9.63 Å². The Morgan fingerprint density at radius 2 is 2.00 bits per heavy atom. The first-order chi connectivity index (χ1) is 9.84. The van der Waals surface area contributed by atoms with Crippen LogP contribution in [0.4, 0.5) is 0 Å². The molecular formula is C15H22NO4P. The van der Waals surface area contributed by atoms with E-state index in [1.807, 2.05) is 26.8 Å². The van der Waals surface area contributed by atoms with Gasteiger partial charge in [-0.2, -0.15) is 0 Å². The Morgan fingerprint density at radius 3 is 2.57 bits per heavy atom. The second-order valence-electron chi connectivity index (χ2n) is 5.56. The van der Waals surface area contributed by atoms with E-state index in [0.29, 0.717) is 12.4 Å². The first-order valence-corrected chi connectivity index (χ1v) is 8.05. The molecule has 0 aliphatic heterocycles. The van der Waals surface area contributed by atoms with Gasteiger partial charge in [-0.3, -0.25) is 4.52 Å². The van der Waals surface area contributed by atoms with Gasteiger partial charge in [0.2, 0.25) is 0 Å². The monoisotopic (exact) mass is 311 g/mol. The topological polar surface area (TPSA) is 71.0 Å². The molecule has 21 heavy (non-hydrogen) atoms. The molecule has 0 fully saturated rings. The largest absolute Gasteiger partial charge is 0.575 e. The first-order valence-electron chi connectivity index (χ1n) is 6.92. The predicted molar refractivity (Wildman–Crippen MR) is 80.9 cm³/mol. The summed E-state index contributed by atoms with van der Waals surface area (Å²) in [5.74, 6) is -0.0356. The van der Waals surface area contributed by atoms with Crippen molar-refractivity contribution in [2.75, 3.05) is 6.61 Å². The van der Waals surface area contributed by atoms with Crippen LogP contribution in [0.15, 0.2) is 35.1 Å². The number of carbonyl (C=O) groups excluding carboxylic acids is 1. The van der Waals surface area contributed by atoms with E-state index >= 15 is 0 Å². The minimum atomic E-state index is -2.30. The fraction of sp³-hybridized carbons (Fsp3) is 0.533. The maximum atomic E-state index is 11.8. The van der Waals surface area contributed by atoms with Gasteiger partial charge in [0.05, 0.1) is 6.61 Å². The second kappa shape index (κ2) is 8.11. The highest BCUT2D eigenvalue weighted by Crippen LogP contribution is 2.24. The van der Waals surface area contributed by atoms with E-state index in [4.69, 9.17) is 9.26 Å². The van der Waals surface area contributed by atoms with Crippen molar-refractivity contribution in [3.05, 3.63) is 30.3 Å². The summed E-state index contributed by atoms with van der Waals surface area (Å²) in [5, 5.41) is 0. The molecule has 0 saturated carbocycles. The van der Waals surface area contributed by atoms with E-state index in [1.165, 1.54) is 0 Å². The number of carbonyl (C=O) groups is 1. The van der Waals surface area contributed by atoms with Gasteiger partial charge in [0.1, 0.15) is 0 Å². The molecule has 1 rings (SSSR count). The maximum Gasteiger partial charge on any atom is 0.395 e. The highest BCUT2D eigenvalue weighted by atomic mass is 31.1. The quantitative estimate of drug-likeness (QED) is 0.572.